The third-order valence-electron chi connectivity index (χ3n) is 2.25. The van der Waals surface area contributed by atoms with Gasteiger partial charge in [0.2, 0.25) is 5.89 Å². The Labute approximate surface area is 114 Å². The van der Waals surface area contributed by atoms with Crippen LogP contribution >= 0.6 is 23.8 Å². The summed E-state index contributed by atoms with van der Waals surface area (Å²) >= 11 is 10.9. The molecule has 5 nitrogen and oxygen atoms in total. The van der Waals surface area contributed by atoms with E-state index in [-0.39, 0.29) is 4.99 Å². The van der Waals surface area contributed by atoms with Gasteiger partial charge in [-0.1, -0.05) is 29.0 Å². The van der Waals surface area contributed by atoms with Gasteiger partial charge in [-0.25, -0.2) is 0 Å². The minimum Gasteiger partial charge on any atom is -0.389 e. The highest BCUT2D eigenvalue weighted by atomic mass is 35.5. The van der Waals surface area contributed by atoms with E-state index in [1.54, 1.807) is 19.1 Å². The minimum absolute atomic E-state index is 0.278. The van der Waals surface area contributed by atoms with Crippen LogP contribution in [-0.4, -0.2) is 15.1 Å². The maximum atomic E-state index is 6.05. The molecule has 7 heteroatoms. The fraction of sp³-hybridized carbons (Fsp3) is 0.182. The molecule has 2 aromatic rings. The van der Waals surface area contributed by atoms with E-state index >= 15 is 0 Å². The van der Waals surface area contributed by atoms with E-state index in [9.17, 15) is 0 Å². The first kappa shape index (κ1) is 12.8. The lowest BCUT2D eigenvalue weighted by Crippen LogP contribution is -2.10. The molecule has 0 unspecified atom stereocenters. The van der Waals surface area contributed by atoms with Crippen LogP contribution in [0.5, 0.6) is 0 Å². The van der Waals surface area contributed by atoms with E-state index in [1.807, 2.05) is 6.07 Å². The topological polar surface area (TPSA) is 77.0 Å². The van der Waals surface area contributed by atoms with E-state index < -0.39 is 0 Å². The molecule has 0 spiro atoms. The van der Waals surface area contributed by atoms with Gasteiger partial charge in [0.25, 0.3) is 0 Å². The molecule has 0 fully saturated rings. The Balaban J connectivity index is 2.06. The smallest absolute Gasteiger partial charge is 0.223 e. The molecule has 0 atom stereocenters. The van der Waals surface area contributed by atoms with Crippen molar-refractivity contribution in [2.75, 3.05) is 5.32 Å². The summed E-state index contributed by atoms with van der Waals surface area (Å²) in [7, 11) is 0. The molecule has 0 aliphatic heterocycles. The van der Waals surface area contributed by atoms with Crippen molar-refractivity contribution < 1.29 is 4.52 Å². The van der Waals surface area contributed by atoms with E-state index in [2.05, 4.69) is 15.5 Å². The molecule has 2 rings (SSSR count). The van der Waals surface area contributed by atoms with Gasteiger partial charge in [-0.2, -0.15) is 4.98 Å². The Morgan fingerprint density at radius 1 is 1.56 bits per heavy atom. The predicted molar refractivity (Wildman–Crippen MR) is 73.7 cm³/mol. The number of nitrogens with two attached hydrogens (primary N) is 1. The number of benzene rings is 1. The second kappa shape index (κ2) is 5.32. The van der Waals surface area contributed by atoms with Crippen molar-refractivity contribution in [3.05, 3.63) is 40.5 Å². The molecule has 1 aromatic heterocycles. The van der Waals surface area contributed by atoms with Crippen LogP contribution < -0.4 is 11.1 Å². The summed E-state index contributed by atoms with van der Waals surface area (Å²) in [6.07, 6.45) is 0. The number of nitrogens with one attached hydrogen (secondary N) is 1. The maximum absolute atomic E-state index is 6.05. The molecule has 0 bridgehead atoms. The Kier molecular flexibility index (Phi) is 3.78. The number of anilines is 1. The van der Waals surface area contributed by atoms with Crippen molar-refractivity contribution >= 4 is 34.5 Å². The standard InChI is InChI=1S/C11H11ClN4OS/c1-6-15-10(16-17-6)5-14-7-2-3-8(11(13)18)9(12)4-7/h2-4,14H,5H2,1H3,(H2,13,18). The predicted octanol–water partition coefficient (Wildman–Crippen LogP) is 2.28. The number of aromatic nitrogens is 2. The molecule has 3 N–H and O–H groups in total. The van der Waals surface area contributed by atoms with Crippen LogP contribution in [0.3, 0.4) is 0 Å². The molecule has 0 saturated carbocycles. The van der Waals surface area contributed by atoms with Gasteiger partial charge in [0.05, 0.1) is 11.6 Å². The number of hydrogen-bond donors (Lipinski definition) is 2. The van der Waals surface area contributed by atoms with Gasteiger partial charge in [-0.3, -0.25) is 0 Å². The van der Waals surface area contributed by atoms with Gasteiger partial charge < -0.3 is 15.6 Å². The number of thiocarbonyl (C=S) groups is 1. The third-order valence-corrected chi connectivity index (χ3v) is 2.79. The zero-order valence-electron chi connectivity index (χ0n) is 9.61. The van der Waals surface area contributed by atoms with Crippen LogP contribution in [0.15, 0.2) is 22.7 Å². The summed E-state index contributed by atoms with van der Waals surface area (Å²) < 4.78 is 4.87. The molecule has 1 heterocycles. The highest BCUT2D eigenvalue weighted by Crippen LogP contribution is 2.21. The molecule has 18 heavy (non-hydrogen) atoms. The van der Waals surface area contributed by atoms with Gasteiger partial charge in [-0.15, -0.1) is 0 Å². The quantitative estimate of drug-likeness (QED) is 0.838. The number of halogens is 1. The average Bonchev–Trinajstić information content (AvgIpc) is 2.72. The van der Waals surface area contributed by atoms with E-state index in [4.69, 9.17) is 34.1 Å². The van der Waals surface area contributed by atoms with Crippen LogP contribution in [0, 0.1) is 6.92 Å². The zero-order valence-corrected chi connectivity index (χ0v) is 11.2. The van der Waals surface area contributed by atoms with Crippen molar-refractivity contribution in [3.63, 3.8) is 0 Å². The van der Waals surface area contributed by atoms with E-state index in [0.717, 1.165) is 5.69 Å². The summed E-state index contributed by atoms with van der Waals surface area (Å²) in [5.74, 6) is 1.12. The van der Waals surface area contributed by atoms with Gasteiger partial charge in [0.15, 0.2) is 5.82 Å². The van der Waals surface area contributed by atoms with Gasteiger partial charge in [0, 0.05) is 18.2 Å². The van der Waals surface area contributed by atoms with Crippen LogP contribution in [0.4, 0.5) is 5.69 Å². The van der Waals surface area contributed by atoms with Gasteiger partial charge in [0.1, 0.15) is 4.99 Å². The first-order chi connectivity index (χ1) is 8.56. The monoisotopic (exact) mass is 282 g/mol. The highest BCUT2D eigenvalue weighted by Gasteiger charge is 2.05. The molecule has 0 saturated heterocycles. The Hall–Kier alpha value is -1.66. The SMILES string of the molecule is Cc1nc(CNc2ccc(C(N)=S)c(Cl)c2)no1. The first-order valence-electron chi connectivity index (χ1n) is 5.18. The van der Waals surface area contributed by atoms with Crippen molar-refractivity contribution in [3.8, 4) is 0 Å². The summed E-state index contributed by atoms with van der Waals surface area (Å²) in [5.41, 5.74) is 7.02. The number of rotatable bonds is 4. The Bertz CT molecular complexity index is 584. The fourth-order valence-electron chi connectivity index (χ4n) is 1.42. The van der Waals surface area contributed by atoms with Crippen molar-refractivity contribution in [2.24, 2.45) is 5.73 Å². The Morgan fingerprint density at radius 2 is 2.33 bits per heavy atom. The lowest BCUT2D eigenvalue weighted by atomic mass is 10.2. The van der Waals surface area contributed by atoms with Crippen LogP contribution in [0.1, 0.15) is 17.3 Å². The van der Waals surface area contributed by atoms with Crippen molar-refractivity contribution in [1.29, 1.82) is 0 Å². The van der Waals surface area contributed by atoms with Crippen molar-refractivity contribution in [2.45, 2.75) is 13.5 Å². The van der Waals surface area contributed by atoms with Crippen LogP contribution in [0.2, 0.25) is 5.02 Å². The second-order valence-electron chi connectivity index (χ2n) is 3.64. The molecule has 0 amide bonds. The highest BCUT2D eigenvalue weighted by molar-refractivity contribution is 7.80. The maximum Gasteiger partial charge on any atom is 0.223 e. The summed E-state index contributed by atoms with van der Waals surface area (Å²) in [6.45, 7) is 2.20. The number of nitrogens with zero attached hydrogens (tertiary/aromatic N) is 2. The summed E-state index contributed by atoms with van der Waals surface area (Å²) in [6, 6.07) is 5.37. The second-order valence-corrected chi connectivity index (χ2v) is 4.49. The molecular weight excluding hydrogens is 272 g/mol. The molecule has 0 aliphatic carbocycles. The van der Waals surface area contributed by atoms with Crippen LogP contribution in [0.25, 0.3) is 0 Å². The van der Waals surface area contributed by atoms with E-state index in [1.165, 1.54) is 0 Å². The number of hydrogen-bond acceptors (Lipinski definition) is 5. The van der Waals surface area contributed by atoms with Crippen molar-refractivity contribution in [1.82, 2.24) is 10.1 Å². The molecular formula is C11H11ClN4OS. The Morgan fingerprint density at radius 3 is 2.89 bits per heavy atom. The largest absolute Gasteiger partial charge is 0.389 e. The molecule has 0 aliphatic rings. The summed E-state index contributed by atoms with van der Waals surface area (Å²) in [5, 5.41) is 7.42. The average molecular weight is 283 g/mol. The third kappa shape index (κ3) is 2.96. The van der Waals surface area contributed by atoms with Gasteiger partial charge in [-0.05, 0) is 18.2 Å². The lowest BCUT2D eigenvalue weighted by molar-refractivity contribution is 0.388. The summed E-state index contributed by atoms with van der Waals surface area (Å²) in [4.78, 5) is 4.36. The number of aryl methyl sites for hydroxylation is 1. The lowest BCUT2D eigenvalue weighted by Gasteiger charge is -2.07. The minimum atomic E-state index is 0.278. The van der Waals surface area contributed by atoms with Gasteiger partial charge >= 0.3 is 0 Å². The molecule has 94 valence electrons. The van der Waals surface area contributed by atoms with Crippen LogP contribution in [-0.2, 0) is 6.54 Å². The zero-order chi connectivity index (χ0) is 13.1. The fourth-order valence-corrected chi connectivity index (χ4v) is 1.94. The first-order valence-corrected chi connectivity index (χ1v) is 5.97. The van der Waals surface area contributed by atoms with E-state index in [0.29, 0.717) is 28.8 Å². The molecule has 1 aromatic carbocycles. The molecule has 0 radical (unpaired) electrons. The normalized spacial score (nSPS) is 10.3.